The smallest absolute Gasteiger partial charge is 0.361 e. The van der Waals surface area contributed by atoms with Crippen molar-refractivity contribution in [3.63, 3.8) is 0 Å². The van der Waals surface area contributed by atoms with E-state index in [-0.39, 0.29) is 11.5 Å². The number of rotatable bonds is 4. The van der Waals surface area contributed by atoms with Gasteiger partial charge < -0.3 is 19.1 Å². The summed E-state index contributed by atoms with van der Waals surface area (Å²) in [5, 5.41) is 0. The van der Waals surface area contributed by atoms with Crippen LogP contribution in [0, 0.1) is 0 Å². The molecule has 0 fully saturated rings. The van der Waals surface area contributed by atoms with E-state index < -0.39 is 0 Å². The van der Waals surface area contributed by atoms with E-state index in [0.717, 1.165) is 24.5 Å². The highest BCUT2D eigenvalue weighted by atomic mass is 16.5. The standard InChI is InChI=1S/C16H23NO4/c1-16(2)8-11-6-13(19-3)14(20-4)7-12(11)9-17(16)10-15(18)21-5/h6-7H,8-10H2,1-5H3/p+1. The summed E-state index contributed by atoms with van der Waals surface area (Å²) < 4.78 is 15.6. The van der Waals surface area contributed by atoms with Gasteiger partial charge in [0.05, 0.1) is 26.9 Å². The summed E-state index contributed by atoms with van der Waals surface area (Å²) in [5.74, 6) is 1.30. The maximum absolute atomic E-state index is 11.6. The van der Waals surface area contributed by atoms with E-state index in [1.54, 1.807) is 14.2 Å². The van der Waals surface area contributed by atoms with Gasteiger partial charge in [-0.1, -0.05) is 0 Å². The molecular formula is C16H24NO4+. The molecule has 1 heterocycles. The molecule has 0 aliphatic carbocycles. The molecule has 0 radical (unpaired) electrons. The highest BCUT2D eigenvalue weighted by Crippen LogP contribution is 2.33. The highest BCUT2D eigenvalue weighted by molar-refractivity contribution is 5.70. The van der Waals surface area contributed by atoms with E-state index in [2.05, 4.69) is 13.8 Å². The van der Waals surface area contributed by atoms with Crippen LogP contribution in [0.15, 0.2) is 12.1 Å². The lowest BCUT2D eigenvalue weighted by atomic mass is 9.85. The van der Waals surface area contributed by atoms with Gasteiger partial charge in [-0.05, 0) is 31.5 Å². The number of methoxy groups -OCH3 is 3. The zero-order chi connectivity index (χ0) is 15.6. The Morgan fingerprint density at radius 2 is 1.71 bits per heavy atom. The van der Waals surface area contributed by atoms with Crippen LogP contribution in [0.25, 0.3) is 0 Å². The number of carbonyl (C=O) groups is 1. The summed E-state index contributed by atoms with van der Waals surface area (Å²) in [4.78, 5) is 12.8. The molecule has 0 bridgehead atoms. The molecule has 2 rings (SSSR count). The van der Waals surface area contributed by atoms with Gasteiger partial charge in [0, 0.05) is 12.0 Å². The van der Waals surface area contributed by atoms with Crippen LogP contribution in [0.5, 0.6) is 11.5 Å². The van der Waals surface area contributed by atoms with Crippen molar-refractivity contribution in [3.05, 3.63) is 23.3 Å². The van der Waals surface area contributed by atoms with Crippen molar-refractivity contribution < 1.29 is 23.9 Å². The van der Waals surface area contributed by atoms with Crippen LogP contribution >= 0.6 is 0 Å². The predicted octanol–water partition coefficient (Wildman–Crippen LogP) is 0.596. The van der Waals surface area contributed by atoms with Gasteiger partial charge in [-0.3, -0.25) is 0 Å². The fourth-order valence-electron chi connectivity index (χ4n) is 2.91. The van der Waals surface area contributed by atoms with Crippen molar-refractivity contribution in [1.29, 1.82) is 0 Å². The SMILES string of the molecule is COC(=O)C[NH+]1Cc2cc(OC)c(OC)cc2CC1(C)C. The molecule has 5 heteroatoms. The summed E-state index contributed by atoms with van der Waals surface area (Å²) in [6.45, 7) is 5.49. The van der Waals surface area contributed by atoms with Crippen LogP contribution in [0.4, 0.5) is 0 Å². The number of hydrogen-bond donors (Lipinski definition) is 1. The Bertz CT molecular complexity index is 539. The minimum atomic E-state index is -0.179. The first-order valence-electron chi connectivity index (χ1n) is 7.07. The van der Waals surface area contributed by atoms with E-state index in [4.69, 9.17) is 14.2 Å². The highest BCUT2D eigenvalue weighted by Gasteiger charge is 2.38. The lowest BCUT2D eigenvalue weighted by Crippen LogP contribution is -3.20. The Kier molecular flexibility index (Phi) is 4.42. The summed E-state index contributed by atoms with van der Waals surface area (Å²) in [6, 6.07) is 4.06. The molecule has 0 amide bonds. The van der Waals surface area contributed by atoms with Crippen molar-refractivity contribution in [1.82, 2.24) is 0 Å². The van der Waals surface area contributed by atoms with Crippen LogP contribution in [0.2, 0.25) is 0 Å². The first kappa shape index (κ1) is 15.6. The van der Waals surface area contributed by atoms with Crippen LogP contribution < -0.4 is 14.4 Å². The largest absolute Gasteiger partial charge is 0.493 e. The summed E-state index contributed by atoms with van der Waals surface area (Å²) in [5.41, 5.74) is 2.43. The van der Waals surface area contributed by atoms with Crippen LogP contribution in [-0.4, -0.2) is 39.4 Å². The molecule has 1 aliphatic heterocycles. The Hall–Kier alpha value is -1.75. The number of hydrogen-bond acceptors (Lipinski definition) is 4. The lowest BCUT2D eigenvalue weighted by molar-refractivity contribution is -0.957. The van der Waals surface area contributed by atoms with Crippen LogP contribution in [-0.2, 0) is 22.5 Å². The number of nitrogens with one attached hydrogen (secondary N) is 1. The Labute approximate surface area is 125 Å². The summed E-state index contributed by atoms with van der Waals surface area (Å²) in [6.07, 6.45) is 0.884. The second-order valence-electron chi connectivity index (χ2n) is 6.07. The van der Waals surface area contributed by atoms with Crippen molar-refractivity contribution >= 4 is 5.97 Å². The predicted molar refractivity (Wildman–Crippen MR) is 78.9 cm³/mol. The minimum absolute atomic E-state index is 0.0270. The molecule has 21 heavy (non-hydrogen) atoms. The third kappa shape index (κ3) is 3.13. The van der Waals surface area contributed by atoms with Crippen molar-refractivity contribution in [2.45, 2.75) is 32.4 Å². The zero-order valence-corrected chi connectivity index (χ0v) is 13.4. The fourth-order valence-corrected chi connectivity index (χ4v) is 2.91. The first-order valence-corrected chi connectivity index (χ1v) is 7.07. The molecule has 1 aliphatic rings. The quantitative estimate of drug-likeness (QED) is 0.826. The van der Waals surface area contributed by atoms with Crippen LogP contribution in [0.1, 0.15) is 25.0 Å². The monoisotopic (exact) mass is 294 g/mol. The summed E-state index contributed by atoms with van der Waals surface area (Å²) in [7, 11) is 4.71. The molecular weight excluding hydrogens is 270 g/mol. The normalized spacial score (nSPS) is 19.6. The molecule has 1 N–H and O–H groups in total. The Morgan fingerprint density at radius 1 is 1.14 bits per heavy atom. The van der Waals surface area contributed by atoms with Gasteiger partial charge in [-0.25, -0.2) is 4.79 Å². The van der Waals surface area contributed by atoms with E-state index in [0.29, 0.717) is 6.54 Å². The average Bonchev–Trinajstić information content (AvgIpc) is 2.46. The number of carbonyl (C=O) groups excluding carboxylic acids is 1. The molecule has 1 aromatic rings. The molecule has 5 nitrogen and oxygen atoms in total. The molecule has 0 saturated carbocycles. The van der Waals surface area contributed by atoms with E-state index in [1.807, 2.05) is 12.1 Å². The number of fused-ring (bicyclic) bond motifs is 1. The molecule has 1 unspecified atom stereocenters. The first-order chi connectivity index (χ1) is 9.91. The van der Waals surface area contributed by atoms with Gasteiger partial charge in [-0.2, -0.15) is 0 Å². The Morgan fingerprint density at radius 3 is 2.24 bits per heavy atom. The molecule has 0 aromatic heterocycles. The van der Waals surface area contributed by atoms with Crippen LogP contribution in [0.3, 0.4) is 0 Å². The van der Waals surface area contributed by atoms with Crippen molar-refractivity contribution in [3.8, 4) is 11.5 Å². The number of esters is 1. The Balaban J connectivity index is 2.34. The van der Waals surface area contributed by atoms with Gasteiger partial charge in [0.2, 0.25) is 0 Å². The number of quaternary nitrogens is 1. The molecule has 116 valence electrons. The maximum atomic E-state index is 11.6. The van der Waals surface area contributed by atoms with E-state index >= 15 is 0 Å². The maximum Gasteiger partial charge on any atom is 0.361 e. The fraction of sp³-hybridized carbons (Fsp3) is 0.562. The lowest BCUT2D eigenvalue weighted by Gasteiger charge is -2.39. The number of benzene rings is 1. The second kappa shape index (κ2) is 5.93. The minimum Gasteiger partial charge on any atom is -0.493 e. The zero-order valence-electron chi connectivity index (χ0n) is 13.4. The van der Waals surface area contributed by atoms with Gasteiger partial charge in [0.25, 0.3) is 0 Å². The molecule has 0 spiro atoms. The van der Waals surface area contributed by atoms with Gasteiger partial charge >= 0.3 is 5.97 Å². The summed E-state index contributed by atoms with van der Waals surface area (Å²) >= 11 is 0. The topological polar surface area (TPSA) is 49.2 Å². The van der Waals surface area contributed by atoms with Crippen molar-refractivity contribution in [2.75, 3.05) is 27.9 Å². The molecule has 1 atom stereocenters. The van der Waals surface area contributed by atoms with E-state index in [9.17, 15) is 4.79 Å². The third-order valence-electron chi connectivity index (χ3n) is 4.28. The molecule has 1 aromatic carbocycles. The van der Waals surface area contributed by atoms with Gasteiger partial charge in [-0.15, -0.1) is 0 Å². The van der Waals surface area contributed by atoms with Gasteiger partial charge in [0.1, 0.15) is 6.54 Å². The van der Waals surface area contributed by atoms with E-state index in [1.165, 1.54) is 23.1 Å². The van der Waals surface area contributed by atoms with Crippen molar-refractivity contribution in [2.24, 2.45) is 0 Å². The number of ether oxygens (including phenoxy) is 3. The second-order valence-corrected chi connectivity index (χ2v) is 6.07. The average molecular weight is 294 g/mol. The third-order valence-corrected chi connectivity index (χ3v) is 4.28. The van der Waals surface area contributed by atoms with Gasteiger partial charge in [0.15, 0.2) is 18.0 Å². The molecule has 0 saturated heterocycles.